The lowest BCUT2D eigenvalue weighted by molar-refractivity contribution is -0.137. The molecule has 0 atom stereocenters. The SMILES string of the molecule is NCCCC(=O)O.NCCS(=O)(=O)O. The summed E-state index contributed by atoms with van der Waals surface area (Å²) in [4.78, 5) is 9.70. The van der Waals surface area contributed by atoms with Crippen molar-refractivity contribution >= 4 is 16.1 Å². The van der Waals surface area contributed by atoms with Crippen LogP contribution in [0.2, 0.25) is 0 Å². The summed E-state index contributed by atoms with van der Waals surface area (Å²) >= 11 is 0. The molecule has 0 bridgehead atoms. The molecule has 0 rings (SSSR count). The van der Waals surface area contributed by atoms with Crippen LogP contribution in [0.25, 0.3) is 0 Å². The number of carbonyl (C=O) groups is 1. The Balaban J connectivity index is 0. The lowest BCUT2D eigenvalue weighted by Gasteiger charge is -1.86. The molecule has 0 unspecified atom stereocenters. The summed E-state index contributed by atoms with van der Waals surface area (Å²) in [6.45, 7) is 0.436. The van der Waals surface area contributed by atoms with Crippen LogP contribution in [0.5, 0.6) is 0 Å². The molecule has 0 aliphatic carbocycles. The molecule has 7 nitrogen and oxygen atoms in total. The van der Waals surface area contributed by atoms with E-state index < -0.39 is 16.1 Å². The molecule has 8 heteroatoms. The van der Waals surface area contributed by atoms with Gasteiger partial charge in [-0.3, -0.25) is 9.35 Å². The van der Waals surface area contributed by atoms with Gasteiger partial charge in [0, 0.05) is 13.0 Å². The van der Waals surface area contributed by atoms with Crippen LogP contribution in [0.3, 0.4) is 0 Å². The van der Waals surface area contributed by atoms with Crippen molar-refractivity contribution in [3.8, 4) is 0 Å². The maximum absolute atomic E-state index is 9.71. The van der Waals surface area contributed by atoms with Crippen molar-refractivity contribution in [1.82, 2.24) is 0 Å². The second-order valence-electron chi connectivity index (χ2n) is 2.36. The van der Waals surface area contributed by atoms with E-state index in [4.69, 9.17) is 21.1 Å². The Kier molecular flexibility index (Phi) is 9.99. The summed E-state index contributed by atoms with van der Waals surface area (Å²) in [5, 5.41) is 7.99. The van der Waals surface area contributed by atoms with E-state index in [1.165, 1.54) is 0 Å². The number of rotatable bonds is 5. The number of carboxylic acid groups (broad SMARTS) is 1. The zero-order valence-corrected chi connectivity index (χ0v) is 8.53. The monoisotopic (exact) mass is 228 g/mol. The third kappa shape index (κ3) is 22.5. The van der Waals surface area contributed by atoms with E-state index in [0.29, 0.717) is 13.0 Å². The van der Waals surface area contributed by atoms with Crippen molar-refractivity contribution in [1.29, 1.82) is 0 Å². The number of nitrogens with two attached hydrogens (primary N) is 2. The Labute approximate surface area is 82.8 Å². The molecular weight excluding hydrogens is 212 g/mol. The van der Waals surface area contributed by atoms with Gasteiger partial charge in [0.1, 0.15) is 0 Å². The van der Waals surface area contributed by atoms with E-state index in [2.05, 4.69) is 0 Å². The highest BCUT2D eigenvalue weighted by molar-refractivity contribution is 7.85. The molecule has 0 heterocycles. The average molecular weight is 228 g/mol. The third-order valence-electron chi connectivity index (χ3n) is 0.971. The molecule has 0 radical (unpaired) electrons. The Morgan fingerprint density at radius 3 is 1.79 bits per heavy atom. The van der Waals surface area contributed by atoms with Gasteiger partial charge in [-0.05, 0) is 13.0 Å². The van der Waals surface area contributed by atoms with Crippen molar-refractivity contribution in [2.24, 2.45) is 11.5 Å². The summed E-state index contributed by atoms with van der Waals surface area (Å²) in [5.41, 5.74) is 9.79. The normalized spacial score (nSPS) is 10.2. The molecule has 0 saturated heterocycles. The van der Waals surface area contributed by atoms with Gasteiger partial charge in [-0.15, -0.1) is 0 Å². The van der Waals surface area contributed by atoms with Gasteiger partial charge in [0.25, 0.3) is 10.1 Å². The number of hydrogen-bond donors (Lipinski definition) is 4. The van der Waals surface area contributed by atoms with Crippen LogP contribution in [-0.4, -0.2) is 42.9 Å². The van der Waals surface area contributed by atoms with E-state index in [1.54, 1.807) is 0 Å². The Morgan fingerprint density at radius 2 is 1.71 bits per heavy atom. The Bertz CT molecular complexity index is 239. The zero-order valence-electron chi connectivity index (χ0n) is 7.72. The molecule has 0 spiro atoms. The van der Waals surface area contributed by atoms with Gasteiger partial charge in [0.2, 0.25) is 0 Å². The van der Waals surface area contributed by atoms with Gasteiger partial charge < -0.3 is 16.6 Å². The second kappa shape index (κ2) is 8.88. The van der Waals surface area contributed by atoms with E-state index in [9.17, 15) is 13.2 Å². The smallest absolute Gasteiger partial charge is 0.303 e. The van der Waals surface area contributed by atoms with Crippen LogP contribution in [0.1, 0.15) is 12.8 Å². The maximum atomic E-state index is 9.71. The van der Waals surface area contributed by atoms with Crippen molar-refractivity contribution in [2.45, 2.75) is 12.8 Å². The minimum Gasteiger partial charge on any atom is -0.481 e. The number of hydrogen-bond acceptors (Lipinski definition) is 5. The Hall–Kier alpha value is -0.700. The van der Waals surface area contributed by atoms with Crippen molar-refractivity contribution < 1.29 is 22.9 Å². The summed E-state index contributed by atoms with van der Waals surface area (Å²) in [5.74, 6) is -1.13. The third-order valence-corrected chi connectivity index (χ3v) is 1.72. The minimum atomic E-state index is -3.80. The second-order valence-corrected chi connectivity index (χ2v) is 3.93. The van der Waals surface area contributed by atoms with Gasteiger partial charge in [-0.1, -0.05) is 0 Å². The molecule has 0 aliphatic rings. The van der Waals surface area contributed by atoms with E-state index >= 15 is 0 Å². The average Bonchev–Trinajstić information content (AvgIpc) is 1.99. The van der Waals surface area contributed by atoms with Gasteiger partial charge in [-0.25, -0.2) is 0 Å². The standard InChI is InChI=1S/C4H9NO2.C2H7NO3S/c5-3-1-2-4(6)7;3-1-2-7(4,5)6/h1-3,5H2,(H,6,7);1-3H2,(H,4,5,6). The first-order chi connectivity index (χ1) is 6.33. The van der Waals surface area contributed by atoms with Gasteiger partial charge in [-0.2, -0.15) is 8.42 Å². The van der Waals surface area contributed by atoms with Gasteiger partial charge in [0.05, 0.1) is 5.75 Å². The quantitative estimate of drug-likeness (QED) is 0.425. The highest BCUT2D eigenvalue weighted by Crippen LogP contribution is 1.82. The predicted molar refractivity (Wildman–Crippen MR) is 51.4 cm³/mol. The first-order valence-electron chi connectivity index (χ1n) is 3.90. The van der Waals surface area contributed by atoms with Gasteiger partial charge >= 0.3 is 5.97 Å². The first-order valence-corrected chi connectivity index (χ1v) is 5.51. The molecule has 0 aromatic heterocycles. The molecule has 6 N–H and O–H groups in total. The van der Waals surface area contributed by atoms with Crippen molar-refractivity contribution in [3.05, 3.63) is 0 Å². The fraction of sp³-hybridized carbons (Fsp3) is 0.833. The van der Waals surface area contributed by atoms with Gasteiger partial charge in [0.15, 0.2) is 0 Å². The fourth-order valence-corrected chi connectivity index (χ4v) is 0.700. The molecular formula is C6H16N2O5S. The fourth-order valence-electron chi connectivity index (χ4n) is 0.402. The van der Waals surface area contributed by atoms with Crippen LogP contribution in [-0.2, 0) is 14.9 Å². The highest BCUT2D eigenvalue weighted by atomic mass is 32.2. The number of carboxylic acids is 1. The van der Waals surface area contributed by atoms with Crippen molar-refractivity contribution in [2.75, 3.05) is 18.8 Å². The predicted octanol–water partition coefficient (Wildman–Crippen LogP) is -1.36. The zero-order chi connectivity index (χ0) is 11.6. The molecule has 0 amide bonds. The van der Waals surface area contributed by atoms with E-state index in [0.717, 1.165) is 0 Å². The molecule has 0 aliphatic heterocycles. The van der Waals surface area contributed by atoms with E-state index in [1.807, 2.05) is 0 Å². The van der Waals surface area contributed by atoms with Crippen LogP contribution in [0.4, 0.5) is 0 Å². The lowest BCUT2D eigenvalue weighted by Crippen LogP contribution is -2.13. The van der Waals surface area contributed by atoms with Crippen LogP contribution >= 0.6 is 0 Å². The largest absolute Gasteiger partial charge is 0.481 e. The molecule has 14 heavy (non-hydrogen) atoms. The minimum absolute atomic E-state index is 0.0289. The van der Waals surface area contributed by atoms with Crippen LogP contribution in [0, 0.1) is 0 Å². The Morgan fingerprint density at radius 1 is 1.21 bits per heavy atom. The summed E-state index contributed by atoms with van der Waals surface area (Å²) in [6.07, 6.45) is 0.770. The molecule has 0 aromatic carbocycles. The van der Waals surface area contributed by atoms with Crippen LogP contribution in [0.15, 0.2) is 0 Å². The molecule has 86 valence electrons. The number of aliphatic carboxylic acids is 1. The summed E-state index contributed by atoms with van der Waals surface area (Å²) in [7, 11) is -3.80. The topological polar surface area (TPSA) is 144 Å². The lowest BCUT2D eigenvalue weighted by atomic mass is 10.3. The molecule has 0 saturated carbocycles. The van der Waals surface area contributed by atoms with E-state index in [-0.39, 0.29) is 18.7 Å². The summed E-state index contributed by atoms with van der Waals surface area (Å²) in [6, 6.07) is 0. The maximum Gasteiger partial charge on any atom is 0.303 e. The van der Waals surface area contributed by atoms with Crippen molar-refractivity contribution in [3.63, 3.8) is 0 Å². The molecule has 0 fully saturated rings. The first kappa shape index (κ1) is 15.8. The highest BCUT2D eigenvalue weighted by Gasteiger charge is 1.98. The molecule has 0 aromatic rings. The summed E-state index contributed by atoms with van der Waals surface area (Å²) < 4.78 is 27.3. The van der Waals surface area contributed by atoms with Crippen LogP contribution < -0.4 is 11.5 Å².